The summed E-state index contributed by atoms with van der Waals surface area (Å²) in [5, 5.41) is 2.81. The van der Waals surface area contributed by atoms with E-state index in [4.69, 9.17) is 18.9 Å². The second-order valence-electron chi connectivity index (χ2n) is 9.49. The average molecular weight is 416 g/mol. The first-order valence-electron chi connectivity index (χ1n) is 11.5. The van der Waals surface area contributed by atoms with Crippen molar-refractivity contribution in [3.63, 3.8) is 0 Å². The first kappa shape index (κ1) is 26.2. The lowest BCUT2D eigenvalue weighted by atomic mass is 10.1. The zero-order valence-corrected chi connectivity index (χ0v) is 19.5. The normalized spacial score (nSPS) is 18.7. The predicted octanol–water partition coefficient (Wildman–Crippen LogP) is 5.58. The first-order chi connectivity index (χ1) is 13.7. The maximum absolute atomic E-state index is 11.5. The van der Waals surface area contributed by atoms with Crippen molar-refractivity contribution < 1.29 is 23.7 Å². The number of rotatable bonds is 15. The fourth-order valence-corrected chi connectivity index (χ4v) is 3.31. The standard InChI is InChI=1S/C23H45NO5/c1-22(2,3)29-21(25)24-16-14-12-10-8-6-7-9-11-13-15-17-26-18-20-19-27-23(4,5)28-20/h20H,6-19H2,1-5H3,(H,24,25). The van der Waals surface area contributed by atoms with E-state index in [1.165, 1.54) is 51.4 Å². The van der Waals surface area contributed by atoms with Gasteiger partial charge in [-0.25, -0.2) is 4.79 Å². The Labute approximate surface area is 178 Å². The van der Waals surface area contributed by atoms with Crippen LogP contribution in [0.25, 0.3) is 0 Å². The highest BCUT2D eigenvalue weighted by atomic mass is 16.7. The number of unbranched alkanes of at least 4 members (excludes halogenated alkanes) is 9. The number of alkyl carbamates (subject to hydrolysis) is 1. The smallest absolute Gasteiger partial charge is 0.407 e. The summed E-state index contributed by atoms with van der Waals surface area (Å²) in [6, 6.07) is 0. The molecule has 0 aromatic carbocycles. The van der Waals surface area contributed by atoms with Crippen LogP contribution in [0, 0.1) is 0 Å². The van der Waals surface area contributed by atoms with Crippen LogP contribution in [-0.2, 0) is 18.9 Å². The van der Waals surface area contributed by atoms with Crippen LogP contribution in [0.2, 0.25) is 0 Å². The predicted molar refractivity (Wildman–Crippen MR) is 116 cm³/mol. The van der Waals surface area contributed by atoms with Crippen LogP contribution in [-0.4, -0.2) is 50.0 Å². The molecular formula is C23H45NO5. The molecule has 1 saturated heterocycles. The van der Waals surface area contributed by atoms with E-state index in [1.54, 1.807) is 0 Å². The highest BCUT2D eigenvalue weighted by Crippen LogP contribution is 2.22. The number of hydrogen-bond donors (Lipinski definition) is 1. The topological polar surface area (TPSA) is 66.0 Å². The molecule has 0 aromatic heterocycles. The molecule has 1 unspecified atom stereocenters. The van der Waals surface area contributed by atoms with Crippen LogP contribution in [0.4, 0.5) is 4.79 Å². The van der Waals surface area contributed by atoms with Gasteiger partial charge in [0.25, 0.3) is 0 Å². The molecule has 6 nitrogen and oxygen atoms in total. The highest BCUT2D eigenvalue weighted by molar-refractivity contribution is 5.67. The van der Waals surface area contributed by atoms with Gasteiger partial charge >= 0.3 is 6.09 Å². The lowest BCUT2D eigenvalue weighted by molar-refractivity contribution is -0.145. The molecule has 0 aromatic rings. The van der Waals surface area contributed by atoms with E-state index in [2.05, 4.69) is 5.32 Å². The summed E-state index contributed by atoms with van der Waals surface area (Å²) in [4.78, 5) is 11.5. The van der Waals surface area contributed by atoms with Gasteiger partial charge in [0.2, 0.25) is 0 Å². The van der Waals surface area contributed by atoms with Crippen molar-refractivity contribution in [3.8, 4) is 0 Å². The van der Waals surface area contributed by atoms with Crippen molar-refractivity contribution in [1.82, 2.24) is 5.32 Å². The van der Waals surface area contributed by atoms with E-state index in [0.717, 1.165) is 19.4 Å². The first-order valence-corrected chi connectivity index (χ1v) is 11.5. The van der Waals surface area contributed by atoms with Crippen LogP contribution >= 0.6 is 0 Å². The Hall–Kier alpha value is -0.850. The molecule has 1 amide bonds. The monoisotopic (exact) mass is 415 g/mol. The number of ether oxygens (including phenoxy) is 4. The lowest BCUT2D eigenvalue weighted by Crippen LogP contribution is -2.32. The summed E-state index contributed by atoms with van der Waals surface area (Å²) in [5.41, 5.74) is -0.422. The molecule has 6 heteroatoms. The fraction of sp³-hybridized carbons (Fsp3) is 0.957. The Morgan fingerprint density at radius 1 is 0.966 bits per heavy atom. The van der Waals surface area contributed by atoms with Gasteiger partial charge in [-0.05, 0) is 47.5 Å². The molecule has 0 radical (unpaired) electrons. The number of hydrogen-bond acceptors (Lipinski definition) is 5. The van der Waals surface area contributed by atoms with Gasteiger partial charge in [-0.2, -0.15) is 0 Å². The molecule has 1 aliphatic heterocycles. The van der Waals surface area contributed by atoms with Crippen LogP contribution in [0.15, 0.2) is 0 Å². The Balaban J connectivity index is 1.75. The quantitative estimate of drug-likeness (QED) is 0.354. The number of carbonyl (C=O) groups is 1. The Morgan fingerprint density at radius 2 is 1.52 bits per heavy atom. The lowest BCUT2D eigenvalue weighted by Gasteiger charge is -2.19. The second kappa shape index (κ2) is 14.2. The van der Waals surface area contributed by atoms with Gasteiger partial charge in [-0.3, -0.25) is 0 Å². The number of nitrogens with one attached hydrogen (secondary N) is 1. The molecule has 0 spiro atoms. The van der Waals surface area contributed by atoms with Crippen LogP contribution in [0.3, 0.4) is 0 Å². The molecule has 29 heavy (non-hydrogen) atoms. The van der Waals surface area contributed by atoms with E-state index < -0.39 is 11.4 Å². The molecule has 1 N–H and O–H groups in total. The molecule has 1 aliphatic rings. The summed E-state index contributed by atoms with van der Waals surface area (Å²) >= 11 is 0. The van der Waals surface area contributed by atoms with E-state index >= 15 is 0 Å². The molecule has 1 fully saturated rings. The molecule has 0 saturated carbocycles. The van der Waals surface area contributed by atoms with Crippen molar-refractivity contribution in [1.29, 1.82) is 0 Å². The van der Waals surface area contributed by atoms with E-state index in [0.29, 0.717) is 19.8 Å². The van der Waals surface area contributed by atoms with Crippen molar-refractivity contribution in [2.24, 2.45) is 0 Å². The Morgan fingerprint density at radius 3 is 2.03 bits per heavy atom. The summed E-state index contributed by atoms with van der Waals surface area (Å²) < 4.78 is 22.2. The fourth-order valence-electron chi connectivity index (χ4n) is 3.31. The molecule has 1 atom stereocenters. The molecule has 1 rings (SSSR count). The highest BCUT2D eigenvalue weighted by Gasteiger charge is 2.32. The summed E-state index contributed by atoms with van der Waals surface area (Å²) in [6.07, 6.45) is 12.1. The Kier molecular flexibility index (Phi) is 12.8. The van der Waals surface area contributed by atoms with Crippen molar-refractivity contribution in [2.75, 3.05) is 26.4 Å². The minimum Gasteiger partial charge on any atom is -0.444 e. The molecular weight excluding hydrogens is 370 g/mol. The van der Waals surface area contributed by atoms with Gasteiger partial charge in [-0.15, -0.1) is 0 Å². The third kappa shape index (κ3) is 15.6. The maximum Gasteiger partial charge on any atom is 0.407 e. The van der Waals surface area contributed by atoms with Gasteiger partial charge in [0, 0.05) is 13.2 Å². The maximum atomic E-state index is 11.5. The van der Waals surface area contributed by atoms with Crippen LogP contribution < -0.4 is 5.32 Å². The largest absolute Gasteiger partial charge is 0.444 e. The van der Waals surface area contributed by atoms with Crippen molar-refractivity contribution in [2.45, 2.75) is 116 Å². The molecule has 172 valence electrons. The van der Waals surface area contributed by atoms with Crippen LogP contribution in [0.1, 0.15) is 98.8 Å². The zero-order valence-electron chi connectivity index (χ0n) is 19.5. The molecule has 0 bridgehead atoms. The molecule has 1 heterocycles. The van der Waals surface area contributed by atoms with E-state index in [1.807, 2.05) is 34.6 Å². The van der Waals surface area contributed by atoms with Gasteiger partial charge in [0.1, 0.15) is 11.7 Å². The van der Waals surface area contributed by atoms with E-state index in [-0.39, 0.29) is 12.2 Å². The summed E-state index contributed by atoms with van der Waals surface area (Å²) in [6.45, 7) is 12.3. The third-order valence-corrected chi connectivity index (χ3v) is 4.75. The second-order valence-corrected chi connectivity index (χ2v) is 9.49. The van der Waals surface area contributed by atoms with Gasteiger partial charge in [-0.1, -0.05) is 51.4 Å². The van der Waals surface area contributed by atoms with Crippen molar-refractivity contribution in [3.05, 3.63) is 0 Å². The minimum absolute atomic E-state index is 0.0816. The number of amides is 1. The van der Waals surface area contributed by atoms with Gasteiger partial charge < -0.3 is 24.3 Å². The zero-order chi connectivity index (χ0) is 21.6. The van der Waals surface area contributed by atoms with Gasteiger partial charge in [0.15, 0.2) is 5.79 Å². The molecule has 0 aliphatic carbocycles. The average Bonchev–Trinajstić information content (AvgIpc) is 2.95. The van der Waals surface area contributed by atoms with Gasteiger partial charge in [0.05, 0.1) is 13.2 Å². The number of carbonyl (C=O) groups excluding carboxylic acids is 1. The SMILES string of the molecule is CC(C)(C)OC(=O)NCCCCCCCCCCCCOCC1COC(C)(C)O1. The Bertz CT molecular complexity index is 433. The summed E-state index contributed by atoms with van der Waals surface area (Å²) in [5.74, 6) is -0.453. The summed E-state index contributed by atoms with van der Waals surface area (Å²) in [7, 11) is 0. The third-order valence-electron chi connectivity index (χ3n) is 4.75. The minimum atomic E-state index is -0.453. The van der Waals surface area contributed by atoms with Crippen LogP contribution in [0.5, 0.6) is 0 Å². The van der Waals surface area contributed by atoms with E-state index in [9.17, 15) is 4.79 Å². The van der Waals surface area contributed by atoms with Crippen molar-refractivity contribution >= 4 is 6.09 Å².